The topological polar surface area (TPSA) is 72.8 Å². The Bertz CT molecular complexity index is 886. The smallest absolute Gasteiger partial charge is 0.308 e. The molecule has 0 heterocycles. The molecule has 2 aromatic rings. The summed E-state index contributed by atoms with van der Waals surface area (Å²) in [5, 5.41) is 10.7. The minimum atomic E-state index is -0.381. The van der Waals surface area contributed by atoms with Gasteiger partial charge in [-0.15, -0.1) is 0 Å². The Kier molecular flexibility index (Phi) is 8.46. The first-order valence-electron chi connectivity index (χ1n) is 10.4. The van der Waals surface area contributed by atoms with E-state index in [1.165, 1.54) is 14.0 Å². The normalized spacial score (nSPS) is 11.8. The average Bonchev–Trinajstić information content (AvgIpc) is 2.74. The second-order valence-electron chi connectivity index (χ2n) is 7.70. The summed E-state index contributed by atoms with van der Waals surface area (Å²) in [6.07, 6.45) is 3.76. The van der Waals surface area contributed by atoms with Gasteiger partial charge in [-0.3, -0.25) is 9.59 Å². The first-order chi connectivity index (χ1) is 14.3. The van der Waals surface area contributed by atoms with E-state index in [-0.39, 0.29) is 23.6 Å². The number of benzene rings is 2. The van der Waals surface area contributed by atoms with Gasteiger partial charge in [0, 0.05) is 24.8 Å². The Morgan fingerprint density at radius 3 is 2.23 bits per heavy atom. The second-order valence-corrected chi connectivity index (χ2v) is 7.70. The summed E-state index contributed by atoms with van der Waals surface area (Å²) in [7, 11) is 1.40. The van der Waals surface area contributed by atoms with Crippen molar-refractivity contribution >= 4 is 11.9 Å². The van der Waals surface area contributed by atoms with Gasteiger partial charge in [-0.05, 0) is 55.9 Å². The molecule has 0 amide bonds. The van der Waals surface area contributed by atoms with Crippen LogP contribution < -0.4 is 4.74 Å². The van der Waals surface area contributed by atoms with Crippen molar-refractivity contribution in [3.05, 3.63) is 58.1 Å². The van der Waals surface area contributed by atoms with E-state index in [0.717, 1.165) is 53.5 Å². The maximum Gasteiger partial charge on any atom is 0.308 e. The predicted molar refractivity (Wildman–Crippen MR) is 117 cm³/mol. The lowest BCUT2D eigenvalue weighted by Crippen LogP contribution is -2.12. The summed E-state index contributed by atoms with van der Waals surface area (Å²) in [4.78, 5) is 23.2. The molecular weight excluding hydrogens is 380 g/mol. The molecule has 0 saturated carbocycles. The fraction of sp³-hybridized carbons (Fsp3) is 0.440. The Hall–Kier alpha value is -2.82. The number of unbranched alkanes of at least 4 members (excludes halogenated alkanes) is 2. The number of phenolic OH excluding ortho intramolecular Hbond substituents is 1. The highest BCUT2D eigenvalue weighted by atomic mass is 16.5. The van der Waals surface area contributed by atoms with Gasteiger partial charge in [-0.1, -0.05) is 43.2 Å². The zero-order chi connectivity index (χ0) is 22.3. The molecule has 0 aromatic heterocycles. The molecule has 0 aliphatic heterocycles. The number of rotatable bonds is 9. The van der Waals surface area contributed by atoms with Crippen molar-refractivity contribution in [3.8, 4) is 11.5 Å². The molecule has 162 valence electrons. The van der Waals surface area contributed by atoms with E-state index in [2.05, 4.69) is 12.1 Å². The van der Waals surface area contributed by atoms with Gasteiger partial charge in [0.25, 0.3) is 0 Å². The molecular formula is C25H32O5. The standard InChI is InChI=1S/C25H32O5/c1-16-17(2)25(30-19(4)26)23(18(3)24(16)28)21(20-12-8-6-9-13-20)14-10-7-11-15-22(27)29-5/h6,8-9,12-13,21,28H,7,10-11,14-15H2,1-5H3. The molecule has 5 nitrogen and oxygen atoms in total. The number of ether oxygens (including phenoxy) is 2. The molecule has 2 aromatic carbocycles. The van der Waals surface area contributed by atoms with Gasteiger partial charge < -0.3 is 14.6 Å². The molecule has 0 saturated heterocycles. The predicted octanol–water partition coefficient (Wildman–Crippen LogP) is 5.50. The first kappa shape index (κ1) is 23.5. The number of carbonyl (C=O) groups is 2. The van der Waals surface area contributed by atoms with Crippen LogP contribution in [-0.4, -0.2) is 24.2 Å². The maximum atomic E-state index is 11.8. The van der Waals surface area contributed by atoms with Gasteiger partial charge in [0.2, 0.25) is 0 Å². The lowest BCUT2D eigenvalue weighted by atomic mass is 9.81. The quantitative estimate of drug-likeness (QED) is 0.334. The molecule has 0 aliphatic carbocycles. The van der Waals surface area contributed by atoms with E-state index in [0.29, 0.717) is 12.2 Å². The number of carbonyl (C=O) groups excluding carboxylic acids is 2. The van der Waals surface area contributed by atoms with Crippen molar-refractivity contribution in [1.29, 1.82) is 0 Å². The van der Waals surface area contributed by atoms with Crippen molar-refractivity contribution in [1.82, 2.24) is 0 Å². The Morgan fingerprint density at radius 2 is 1.63 bits per heavy atom. The van der Waals surface area contributed by atoms with Crippen LogP contribution in [0.15, 0.2) is 30.3 Å². The van der Waals surface area contributed by atoms with Crippen LogP contribution in [0.5, 0.6) is 11.5 Å². The van der Waals surface area contributed by atoms with E-state index in [1.54, 1.807) is 0 Å². The maximum absolute atomic E-state index is 11.8. The third kappa shape index (κ3) is 5.62. The molecule has 1 atom stereocenters. The largest absolute Gasteiger partial charge is 0.507 e. The minimum Gasteiger partial charge on any atom is -0.507 e. The fourth-order valence-corrected chi connectivity index (χ4v) is 3.88. The van der Waals surface area contributed by atoms with E-state index in [4.69, 9.17) is 9.47 Å². The van der Waals surface area contributed by atoms with Gasteiger partial charge >= 0.3 is 11.9 Å². The summed E-state index contributed by atoms with van der Waals surface area (Å²) in [5.74, 6) is 0.169. The fourth-order valence-electron chi connectivity index (χ4n) is 3.88. The molecule has 1 unspecified atom stereocenters. The number of phenols is 1. The molecule has 1 N–H and O–H groups in total. The highest BCUT2D eigenvalue weighted by Gasteiger charge is 2.26. The van der Waals surface area contributed by atoms with Crippen molar-refractivity contribution in [2.24, 2.45) is 0 Å². The molecule has 0 spiro atoms. The van der Waals surface area contributed by atoms with Gasteiger partial charge in [0.05, 0.1) is 7.11 Å². The number of esters is 2. The molecule has 5 heteroatoms. The lowest BCUT2D eigenvalue weighted by molar-refractivity contribution is -0.140. The summed E-state index contributed by atoms with van der Waals surface area (Å²) >= 11 is 0. The summed E-state index contributed by atoms with van der Waals surface area (Å²) < 4.78 is 10.4. The van der Waals surface area contributed by atoms with Crippen LogP contribution in [0.1, 0.15) is 72.8 Å². The van der Waals surface area contributed by atoms with Crippen molar-refractivity contribution in [3.63, 3.8) is 0 Å². The van der Waals surface area contributed by atoms with Crippen LogP contribution >= 0.6 is 0 Å². The summed E-state index contributed by atoms with van der Waals surface area (Å²) in [6, 6.07) is 10.1. The first-order valence-corrected chi connectivity index (χ1v) is 10.4. The van der Waals surface area contributed by atoms with Crippen molar-refractivity contribution < 1.29 is 24.2 Å². The lowest BCUT2D eigenvalue weighted by Gasteiger charge is -2.26. The SMILES string of the molecule is COC(=O)CCCCCC(c1ccccc1)c1c(C)c(O)c(C)c(C)c1OC(C)=O. The average molecular weight is 413 g/mol. The van der Waals surface area contributed by atoms with Crippen LogP contribution in [0.4, 0.5) is 0 Å². The second kappa shape index (κ2) is 10.8. The zero-order valence-corrected chi connectivity index (χ0v) is 18.6. The van der Waals surface area contributed by atoms with Gasteiger partial charge in [-0.25, -0.2) is 0 Å². The van der Waals surface area contributed by atoms with Crippen molar-refractivity contribution in [2.45, 2.75) is 65.7 Å². The number of hydrogen-bond donors (Lipinski definition) is 1. The molecule has 0 aliphatic rings. The third-order valence-corrected chi connectivity index (χ3v) is 5.66. The molecule has 0 radical (unpaired) electrons. The van der Waals surface area contributed by atoms with E-state index in [9.17, 15) is 14.7 Å². The molecule has 0 fully saturated rings. The monoisotopic (exact) mass is 412 g/mol. The number of methoxy groups -OCH3 is 1. The molecule has 2 rings (SSSR count). The van der Waals surface area contributed by atoms with E-state index < -0.39 is 0 Å². The zero-order valence-electron chi connectivity index (χ0n) is 18.6. The Labute approximate surface area is 179 Å². The van der Waals surface area contributed by atoms with Crippen LogP contribution in [0, 0.1) is 20.8 Å². The van der Waals surface area contributed by atoms with Crippen LogP contribution in [0.3, 0.4) is 0 Å². The summed E-state index contributed by atoms with van der Waals surface area (Å²) in [5.41, 5.74) is 4.18. The van der Waals surface area contributed by atoms with Gasteiger partial charge in [-0.2, -0.15) is 0 Å². The third-order valence-electron chi connectivity index (χ3n) is 5.66. The summed E-state index contributed by atoms with van der Waals surface area (Å²) in [6.45, 7) is 6.97. The highest BCUT2D eigenvalue weighted by molar-refractivity contribution is 5.72. The number of hydrogen-bond acceptors (Lipinski definition) is 5. The molecule has 30 heavy (non-hydrogen) atoms. The van der Waals surface area contributed by atoms with Crippen LogP contribution in [-0.2, 0) is 14.3 Å². The number of aromatic hydroxyl groups is 1. The molecule has 0 bridgehead atoms. The van der Waals surface area contributed by atoms with Crippen LogP contribution in [0.2, 0.25) is 0 Å². The van der Waals surface area contributed by atoms with Crippen molar-refractivity contribution in [2.75, 3.05) is 7.11 Å². The highest BCUT2D eigenvalue weighted by Crippen LogP contribution is 2.45. The van der Waals surface area contributed by atoms with E-state index >= 15 is 0 Å². The Morgan fingerprint density at radius 1 is 0.967 bits per heavy atom. The van der Waals surface area contributed by atoms with Gasteiger partial charge in [0.15, 0.2) is 0 Å². The Balaban J connectivity index is 2.43. The van der Waals surface area contributed by atoms with Gasteiger partial charge in [0.1, 0.15) is 11.5 Å². The van der Waals surface area contributed by atoms with Crippen LogP contribution in [0.25, 0.3) is 0 Å². The minimum absolute atomic E-state index is 0.0381. The van der Waals surface area contributed by atoms with E-state index in [1.807, 2.05) is 39.0 Å².